The summed E-state index contributed by atoms with van der Waals surface area (Å²) in [6, 6.07) is 1.75. The molecule has 9 heteroatoms. The lowest BCUT2D eigenvalue weighted by atomic mass is 10.2. The van der Waals surface area contributed by atoms with Crippen molar-refractivity contribution >= 4 is 27.3 Å². The Bertz CT molecular complexity index is 732. The number of aliphatic carboxylic acids is 1. The molecular weight excluding hydrogens is 302 g/mol. The average molecular weight is 315 g/mol. The highest BCUT2D eigenvalue weighted by molar-refractivity contribution is 7.91. The molecule has 2 heterocycles. The number of carboxylic acids is 1. The number of thiophene rings is 1. The number of rotatable bonds is 5. The first-order valence-corrected chi connectivity index (χ1v) is 7.89. The van der Waals surface area contributed by atoms with Gasteiger partial charge in [-0.2, -0.15) is 9.82 Å². The summed E-state index contributed by atoms with van der Waals surface area (Å²) in [4.78, 5) is 12.1. The fraction of sp³-hybridized carbons (Fsp3) is 0.273. The minimum atomic E-state index is -3.87. The van der Waals surface area contributed by atoms with Crippen LogP contribution < -0.4 is 4.72 Å². The number of sulfonamides is 1. The van der Waals surface area contributed by atoms with Crippen molar-refractivity contribution in [3.8, 4) is 0 Å². The van der Waals surface area contributed by atoms with Crippen LogP contribution in [0.25, 0.3) is 0 Å². The molecule has 0 bridgehead atoms. The molecule has 0 radical (unpaired) electrons. The number of aryl methyl sites for hydroxylation is 2. The Morgan fingerprint density at radius 2 is 2.20 bits per heavy atom. The summed E-state index contributed by atoms with van der Waals surface area (Å²) in [5.74, 6) is -1.28. The minimum Gasteiger partial charge on any atom is -0.480 e. The van der Waals surface area contributed by atoms with Crippen molar-refractivity contribution in [3.05, 3.63) is 35.0 Å². The van der Waals surface area contributed by atoms with Crippen molar-refractivity contribution in [2.75, 3.05) is 0 Å². The maximum absolute atomic E-state index is 12.1. The Morgan fingerprint density at radius 1 is 1.50 bits per heavy atom. The SMILES string of the molecule is Cc1ccc(S(=O)(=O)NC(C(=O)O)c2cnn(C)c2)s1. The van der Waals surface area contributed by atoms with E-state index in [1.165, 1.54) is 23.1 Å². The van der Waals surface area contributed by atoms with E-state index in [4.69, 9.17) is 0 Å². The molecule has 0 spiro atoms. The standard InChI is InChI=1S/C11H13N3O4S2/c1-7-3-4-9(19-7)20(17,18)13-10(11(15)16)8-5-12-14(2)6-8/h3-6,10,13H,1-2H3,(H,15,16). The Hall–Kier alpha value is -1.71. The smallest absolute Gasteiger partial charge is 0.326 e. The van der Waals surface area contributed by atoms with Crippen molar-refractivity contribution in [3.63, 3.8) is 0 Å². The van der Waals surface area contributed by atoms with Crippen molar-refractivity contribution in [2.45, 2.75) is 17.2 Å². The number of nitrogens with zero attached hydrogens (tertiary/aromatic N) is 2. The molecule has 20 heavy (non-hydrogen) atoms. The molecule has 1 unspecified atom stereocenters. The highest BCUT2D eigenvalue weighted by Crippen LogP contribution is 2.23. The van der Waals surface area contributed by atoms with Gasteiger partial charge in [0.15, 0.2) is 0 Å². The summed E-state index contributed by atoms with van der Waals surface area (Å²) in [5.41, 5.74) is 0.275. The van der Waals surface area contributed by atoms with Crippen LogP contribution in [-0.2, 0) is 21.9 Å². The molecule has 0 saturated carbocycles. The van der Waals surface area contributed by atoms with E-state index in [9.17, 15) is 18.3 Å². The number of hydrogen-bond acceptors (Lipinski definition) is 5. The molecule has 0 amide bonds. The third-order valence-electron chi connectivity index (χ3n) is 2.56. The third kappa shape index (κ3) is 3.06. The molecule has 0 aliphatic carbocycles. The highest BCUT2D eigenvalue weighted by Gasteiger charge is 2.28. The molecule has 0 aliphatic rings. The fourth-order valence-electron chi connectivity index (χ4n) is 1.62. The van der Waals surface area contributed by atoms with E-state index in [2.05, 4.69) is 9.82 Å². The van der Waals surface area contributed by atoms with E-state index in [1.807, 2.05) is 0 Å². The number of hydrogen-bond donors (Lipinski definition) is 2. The van der Waals surface area contributed by atoms with Gasteiger partial charge in [-0.25, -0.2) is 8.42 Å². The van der Waals surface area contributed by atoms with Crippen molar-refractivity contribution in [2.24, 2.45) is 7.05 Å². The zero-order chi connectivity index (χ0) is 14.9. The maximum Gasteiger partial charge on any atom is 0.326 e. The fourth-order valence-corrected chi connectivity index (χ4v) is 4.10. The normalized spacial score (nSPS) is 13.3. The zero-order valence-corrected chi connectivity index (χ0v) is 12.4. The quantitative estimate of drug-likeness (QED) is 0.853. The van der Waals surface area contributed by atoms with Crippen LogP contribution in [0.15, 0.2) is 28.7 Å². The van der Waals surface area contributed by atoms with Crippen LogP contribution in [0.2, 0.25) is 0 Å². The Kier molecular flexibility index (Phi) is 3.93. The molecule has 2 N–H and O–H groups in total. The highest BCUT2D eigenvalue weighted by atomic mass is 32.2. The predicted octanol–water partition coefficient (Wildman–Crippen LogP) is 0.894. The summed E-state index contributed by atoms with van der Waals surface area (Å²) in [6.45, 7) is 1.78. The molecule has 2 rings (SSSR count). The number of aromatic nitrogens is 2. The zero-order valence-electron chi connectivity index (χ0n) is 10.8. The summed E-state index contributed by atoms with van der Waals surface area (Å²) in [5, 5.41) is 13.0. The number of carbonyl (C=O) groups is 1. The molecular formula is C11H13N3O4S2. The van der Waals surface area contributed by atoms with Crippen LogP contribution in [-0.4, -0.2) is 29.3 Å². The number of carboxylic acid groups (broad SMARTS) is 1. The first-order valence-electron chi connectivity index (χ1n) is 5.60. The molecule has 108 valence electrons. The predicted molar refractivity (Wildman–Crippen MR) is 73.0 cm³/mol. The Balaban J connectivity index is 2.31. The second kappa shape index (κ2) is 5.35. The van der Waals surface area contributed by atoms with Gasteiger partial charge < -0.3 is 5.11 Å². The molecule has 1 atom stereocenters. The first kappa shape index (κ1) is 14.7. The van der Waals surface area contributed by atoms with E-state index < -0.39 is 22.0 Å². The van der Waals surface area contributed by atoms with E-state index >= 15 is 0 Å². The molecule has 0 aliphatic heterocycles. The van der Waals surface area contributed by atoms with Crippen LogP contribution in [0, 0.1) is 6.92 Å². The molecule has 2 aromatic rings. The molecule has 7 nitrogen and oxygen atoms in total. The lowest BCUT2D eigenvalue weighted by Crippen LogP contribution is -2.33. The van der Waals surface area contributed by atoms with Crippen molar-refractivity contribution in [1.82, 2.24) is 14.5 Å². The van der Waals surface area contributed by atoms with Gasteiger partial charge in [-0.3, -0.25) is 9.48 Å². The summed E-state index contributed by atoms with van der Waals surface area (Å²) >= 11 is 1.08. The molecule has 0 saturated heterocycles. The average Bonchev–Trinajstić information content (AvgIpc) is 2.95. The first-order chi connectivity index (χ1) is 9.29. The Morgan fingerprint density at radius 3 is 2.65 bits per heavy atom. The lowest BCUT2D eigenvalue weighted by Gasteiger charge is -2.12. The summed E-state index contributed by atoms with van der Waals surface area (Å²) in [7, 11) is -2.25. The van der Waals surface area contributed by atoms with Crippen LogP contribution in [0.5, 0.6) is 0 Å². The summed E-state index contributed by atoms with van der Waals surface area (Å²) in [6.07, 6.45) is 2.78. The van der Waals surface area contributed by atoms with E-state index in [0.29, 0.717) is 0 Å². The van der Waals surface area contributed by atoms with Gasteiger partial charge >= 0.3 is 5.97 Å². The third-order valence-corrected chi connectivity index (χ3v) is 5.47. The lowest BCUT2D eigenvalue weighted by molar-refractivity contribution is -0.139. The molecule has 0 aromatic carbocycles. The van der Waals surface area contributed by atoms with Gasteiger partial charge in [-0.05, 0) is 19.1 Å². The maximum atomic E-state index is 12.1. The van der Waals surface area contributed by atoms with Crippen LogP contribution in [0.3, 0.4) is 0 Å². The van der Waals surface area contributed by atoms with Crippen molar-refractivity contribution < 1.29 is 18.3 Å². The topological polar surface area (TPSA) is 101 Å². The second-order valence-corrected chi connectivity index (χ2v) is 7.43. The summed E-state index contributed by atoms with van der Waals surface area (Å²) < 4.78 is 28.0. The molecule has 0 fully saturated rings. The van der Waals surface area contributed by atoms with Gasteiger partial charge in [0, 0.05) is 23.7 Å². The van der Waals surface area contributed by atoms with Crippen LogP contribution >= 0.6 is 11.3 Å². The van der Waals surface area contributed by atoms with Gasteiger partial charge in [0.2, 0.25) is 0 Å². The van der Waals surface area contributed by atoms with Gasteiger partial charge in [0.25, 0.3) is 10.0 Å². The van der Waals surface area contributed by atoms with Gasteiger partial charge in [0.05, 0.1) is 6.20 Å². The van der Waals surface area contributed by atoms with Gasteiger partial charge in [-0.15, -0.1) is 11.3 Å². The van der Waals surface area contributed by atoms with E-state index in [1.54, 1.807) is 20.0 Å². The van der Waals surface area contributed by atoms with Crippen LogP contribution in [0.1, 0.15) is 16.5 Å². The Labute approximate surface area is 119 Å². The van der Waals surface area contributed by atoms with Crippen LogP contribution in [0.4, 0.5) is 0 Å². The molecule has 2 aromatic heterocycles. The van der Waals surface area contributed by atoms with Gasteiger partial charge in [0.1, 0.15) is 10.3 Å². The largest absolute Gasteiger partial charge is 0.480 e. The minimum absolute atomic E-state index is 0.0881. The van der Waals surface area contributed by atoms with E-state index in [-0.39, 0.29) is 9.77 Å². The van der Waals surface area contributed by atoms with Crippen molar-refractivity contribution in [1.29, 1.82) is 0 Å². The second-order valence-electron chi connectivity index (χ2n) is 4.20. The monoisotopic (exact) mass is 315 g/mol. The number of nitrogens with one attached hydrogen (secondary N) is 1. The van der Waals surface area contributed by atoms with Gasteiger partial charge in [-0.1, -0.05) is 0 Å². The van der Waals surface area contributed by atoms with E-state index in [0.717, 1.165) is 16.2 Å².